The van der Waals surface area contributed by atoms with Crippen molar-refractivity contribution in [2.45, 2.75) is 39.5 Å². The highest BCUT2D eigenvalue weighted by Crippen LogP contribution is 2.13. The smallest absolute Gasteiger partial charge is 0.407 e. The summed E-state index contributed by atoms with van der Waals surface area (Å²) in [6.07, 6.45) is 1.35. The molecule has 0 bridgehead atoms. The summed E-state index contributed by atoms with van der Waals surface area (Å²) in [5.74, 6) is 0. The molecule has 0 aliphatic carbocycles. The first-order chi connectivity index (χ1) is 9.40. The predicted octanol–water partition coefficient (Wildman–Crippen LogP) is 1.85. The Morgan fingerprint density at radius 2 is 2.20 bits per heavy atom. The molecule has 20 heavy (non-hydrogen) atoms. The second kappa shape index (κ2) is 5.50. The molecule has 0 atom stereocenters. The number of pyridine rings is 1. The van der Waals surface area contributed by atoms with Gasteiger partial charge in [-0.05, 0) is 32.9 Å². The number of alkyl carbamates (subject to hydrolysis) is 1. The number of ether oxygens (including phenoxy) is 1. The van der Waals surface area contributed by atoms with Gasteiger partial charge in [0.1, 0.15) is 11.2 Å². The number of aliphatic hydroxyl groups excluding tert-OH is 1. The summed E-state index contributed by atoms with van der Waals surface area (Å²) in [6, 6.07) is 5.58. The monoisotopic (exact) mass is 277 g/mol. The predicted molar refractivity (Wildman–Crippen MR) is 74.2 cm³/mol. The van der Waals surface area contributed by atoms with E-state index in [1.165, 1.54) is 0 Å². The lowest BCUT2D eigenvalue weighted by molar-refractivity contribution is 0.0522. The SMILES string of the molecule is CC(C)(C)OC(=O)NCc1c(CO)nc2ccccn12. The first-order valence-corrected chi connectivity index (χ1v) is 6.43. The standard InChI is InChI=1S/C14H19N3O3/c1-14(2,3)20-13(19)15-8-11-10(9-18)16-12-6-4-5-7-17(11)12/h4-7,18H,8-9H2,1-3H3,(H,15,19). The van der Waals surface area contributed by atoms with Crippen LogP contribution in [-0.4, -0.2) is 26.2 Å². The van der Waals surface area contributed by atoms with Crippen LogP contribution in [0.3, 0.4) is 0 Å². The van der Waals surface area contributed by atoms with Gasteiger partial charge in [-0.15, -0.1) is 0 Å². The quantitative estimate of drug-likeness (QED) is 0.897. The van der Waals surface area contributed by atoms with Crippen molar-refractivity contribution >= 4 is 11.7 Å². The van der Waals surface area contributed by atoms with Crippen molar-refractivity contribution < 1.29 is 14.6 Å². The molecule has 2 aromatic heterocycles. The molecule has 2 N–H and O–H groups in total. The second-order valence-corrected chi connectivity index (χ2v) is 5.45. The summed E-state index contributed by atoms with van der Waals surface area (Å²) >= 11 is 0. The van der Waals surface area contributed by atoms with Crippen molar-refractivity contribution in [1.82, 2.24) is 14.7 Å². The van der Waals surface area contributed by atoms with Gasteiger partial charge in [0.05, 0.1) is 24.5 Å². The lowest BCUT2D eigenvalue weighted by Crippen LogP contribution is -2.32. The van der Waals surface area contributed by atoms with Crippen LogP contribution in [0.15, 0.2) is 24.4 Å². The molecule has 1 amide bonds. The molecule has 0 fully saturated rings. The number of aliphatic hydroxyl groups is 1. The van der Waals surface area contributed by atoms with Crippen molar-refractivity contribution in [1.29, 1.82) is 0 Å². The summed E-state index contributed by atoms with van der Waals surface area (Å²) < 4.78 is 7.02. The van der Waals surface area contributed by atoms with Gasteiger partial charge in [-0.2, -0.15) is 0 Å². The van der Waals surface area contributed by atoms with Crippen LogP contribution in [0.2, 0.25) is 0 Å². The van der Waals surface area contributed by atoms with E-state index in [-0.39, 0.29) is 13.2 Å². The van der Waals surface area contributed by atoms with Gasteiger partial charge >= 0.3 is 6.09 Å². The summed E-state index contributed by atoms with van der Waals surface area (Å²) in [4.78, 5) is 16.0. The number of aromatic nitrogens is 2. The zero-order valence-electron chi connectivity index (χ0n) is 11.9. The van der Waals surface area contributed by atoms with Crippen LogP contribution in [0.4, 0.5) is 4.79 Å². The molecular formula is C14H19N3O3. The maximum absolute atomic E-state index is 11.7. The Morgan fingerprint density at radius 1 is 1.45 bits per heavy atom. The van der Waals surface area contributed by atoms with Gasteiger partial charge in [0.2, 0.25) is 0 Å². The Kier molecular flexibility index (Phi) is 3.94. The third kappa shape index (κ3) is 3.27. The maximum Gasteiger partial charge on any atom is 0.407 e. The van der Waals surface area contributed by atoms with E-state index in [4.69, 9.17) is 4.74 Å². The summed E-state index contributed by atoms with van der Waals surface area (Å²) in [6.45, 7) is 5.49. The number of rotatable bonds is 3. The number of imidazole rings is 1. The van der Waals surface area contributed by atoms with Gasteiger partial charge in [0, 0.05) is 6.20 Å². The van der Waals surface area contributed by atoms with E-state index >= 15 is 0 Å². The van der Waals surface area contributed by atoms with Crippen molar-refractivity contribution in [3.63, 3.8) is 0 Å². The van der Waals surface area contributed by atoms with Gasteiger partial charge in [0.25, 0.3) is 0 Å². The molecule has 0 aliphatic heterocycles. The molecule has 0 aliphatic rings. The topological polar surface area (TPSA) is 75.9 Å². The first kappa shape index (κ1) is 14.3. The van der Waals surface area contributed by atoms with Gasteiger partial charge in [0.15, 0.2) is 0 Å². The van der Waals surface area contributed by atoms with E-state index in [0.29, 0.717) is 5.69 Å². The molecule has 0 unspecified atom stereocenters. The maximum atomic E-state index is 11.7. The third-order valence-corrected chi connectivity index (χ3v) is 2.66. The summed E-state index contributed by atoms with van der Waals surface area (Å²) in [5, 5.41) is 12.0. The Hall–Kier alpha value is -2.08. The number of fused-ring (bicyclic) bond motifs is 1. The van der Waals surface area contributed by atoms with Crippen molar-refractivity contribution in [3.05, 3.63) is 35.8 Å². The van der Waals surface area contributed by atoms with Gasteiger partial charge in [-0.1, -0.05) is 6.07 Å². The third-order valence-electron chi connectivity index (χ3n) is 2.66. The molecule has 2 heterocycles. The fourth-order valence-corrected chi connectivity index (χ4v) is 1.88. The molecule has 108 valence electrons. The average Bonchev–Trinajstić information content (AvgIpc) is 2.72. The Morgan fingerprint density at radius 3 is 2.85 bits per heavy atom. The van der Waals surface area contributed by atoms with E-state index in [9.17, 15) is 9.90 Å². The lowest BCUT2D eigenvalue weighted by atomic mass is 10.2. The minimum atomic E-state index is -0.538. The number of amides is 1. The molecule has 0 spiro atoms. The fourth-order valence-electron chi connectivity index (χ4n) is 1.88. The Bertz CT molecular complexity index is 614. The number of carbonyl (C=O) groups excluding carboxylic acids is 1. The van der Waals surface area contributed by atoms with E-state index in [1.807, 2.05) is 28.8 Å². The van der Waals surface area contributed by atoms with Crippen LogP contribution in [-0.2, 0) is 17.9 Å². The molecule has 2 rings (SSSR count). The van der Waals surface area contributed by atoms with E-state index < -0.39 is 11.7 Å². The van der Waals surface area contributed by atoms with Crippen molar-refractivity contribution in [2.75, 3.05) is 0 Å². The highest BCUT2D eigenvalue weighted by molar-refractivity contribution is 5.67. The molecule has 2 aromatic rings. The zero-order valence-corrected chi connectivity index (χ0v) is 11.9. The summed E-state index contributed by atoms with van der Waals surface area (Å²) in [7, 11) is 0. The summed E-state index contributed by atoms with van der Waals surface area (Å²) in [5.41, 5.74) is 1.49. The molecular weight excluding hydrogens is 258 g/mol. The number of nitrogens with zero attached hydrogens (tertiary/aromatic N) is 2. The van der Waals surface area contributed by atoms with Crippen LogP contribution in [0, 0.1) is 0 Å². The molecule has 0 aromatic carbocycles. The van der Waals surface area contributed by atoms with E-state index in [0.717, 1.165) is 11.3 Å². The highest BCUT2D eigenvalue weighted by atomic mass is 16.6. The van der Waals surface area contributed by atoms with Crippen LogP contribution in [0.5, 0.6) is 0 Å². The normalized spacial score (nSPS) is 11.6. The van der Waals surface area contributed by atoms with E-state index in [2.05, 4.69) is 10.3 Å². The molecule has 0 radical (unpaired) electrons. The van der Waals surface area contributed by atoms with Crippen molar-refractivity contribution in [2.24, 2.45) is 0 Å². The highest BCUT2D eigenvalue weighted by Gasteiger charge is 2.17. The largest absolute Gasteiger partial charge is 0.444 e. The number of hydrogen-bond acceptors (Lipinski definition) is 4. The second-order valence-electron chi connectivity index (χ2n) is 5.45. The van der Waals surface area contributed by atoms with Crippen molar-refractivity contribution in [3.8, 4) is 0 Å². The van der Waals surface area contributed by atoms with E-state index in [1.54, 1.807) is 20.8 Å². The molecule has 6 heteroatoms. The minimum absolute atomic E-state index is 0.174. The average molecular weight is 277 g/mol. The van der Waals surface area contributed by atoms with Gasteiger partial charge in [-0.25, -0.2) is 9.78 Å². The fraction of sp³-hybridized carbons (Fsp3) is 0.429. The Balaban J connectivity index is 2.15. The number of carbonyl (C=O) groups is 1. The minimum Gasteiger partial charge on any atom is -0.444 e. The van der Waals surface area contributed by atoms with Crippen LogP contribution < -0.4 is 5.32 Å². The van der Waals surface area contributed by atoms with Crippen LogP contribution >= 0.6 is 0 Å². The Labute approximate surface area is 117 Å². The van der Waals surface area contributed by atoms with Gasteiger partial charge in [-0.3, -0.25) is 0 Å². The zero-order chi connectivity index (χ0) is 14.8. The number of hydrogen-bond donors (Lipinski definition) is 2. The molecule has 0 saturated carbocycles. The van der Waals surface area contributed by atoms with Crippen LogP contribution in [0.1, 0.15) is 32.2 Å². The number of nitrogens with one attached hydrogen (secondary N) is 1. The molecule has 6 nitrogen and oxygen atoms in total. The molecule has 0 saturated heterocycles. The first-order valence-electron chi connectivity index (χ1n) is 6.43. The lowest BCUT2D eigenvalue weighted by Gasteiger charge is -2.19. The van der Waals surface area contributed by atoms with Crippen LogP contribution in [0.25, 0.3) is 5.65 Å². The van der Waals surface area contributed by atoms with Gasteiger partial charge < -0.3 is 19.6 Å².